The van der Waals surface area contributed by atoms with E-state index in [9.17, 15) is 4.79 Å². The first-order valence-electron chi connectivity index (χ1n) is 10.4. The van der Waals surface area contributed by atoms with Crippen molar-refractivity contribution in [2.75, 3.05) is 17.7 Å². The van der Waals surface area contributed by atoms with Crippen molar-refractivity contribution in [1.82, 2.24) is 24.7 Å². The first-order chi connectivity index (χ1) is 16.5. The number of carbonyl (C=O) groups excluding carboxylic acids is 1. The monoisotopic (exact) mass is 473 g/mol. The lowest BCUT2D eigenvalue weighted by molar-refractivity contribution is -0.113. The van der Waals surface area contributed by atoms with Crippen LogP contribution in [-0.4, -0.2) is 37.7 Å². The van der Waals surface area contributed by atoms with Gasteiger partial charge in [-0.15, -0.1) is 5.10 Å². The lowest BCUT2D eigenvalue weighted by atomic mass is 9.96. The molecule has 4 heterocycles. The van der Waals surface area contributed by atoms with E-state index in [1.54, 1.807) is 47.7 Å². The number of nitrogens with zero attached hydrogens (tertiary/aromatic N) is 5. The van der Waals surface area contributed by atoms with Gasteiger partial charge in [-0.2, -0.15) is 4.98 Å². The maximum Gasteiger partial charge on any atom is 0.256 e. The van der Waals surface area contributed by atoms with Gasteiger partial charge >= 0.3 is 0 Å². The smallest absolute Gasteiger partial charge is 0.256 e. The van der Waals surface area contributed by atoms with Crippen LogP contribution in [0.2, 0.25) is 5.02 Å². The van der Waals surface area contributed by atoms with Crippen molar-refractivity contribution in [1.29, 1.82) is 0 Å². The largest absolute Gasteiger partial charge is 0.494 e. The summed E-state index contributed by atoms with van der Waals surface area (Å²) in [5, 5.41) is 11.5. The molecule has 0 radical (unpaired) electrons. The molecule has 0 unspecified atom stereocenters. The van der Waals surface area contributed by atoms with Gasteiger partial charge in [0.05, 0.1) is 18.9 Å². The van der Waals surface area contributed by atoms with Gasteiger partial charge < -0.3 is 15.4 Å². The molecule has 170 valence electrons. The summed E-state index contributed by atoms with van der Waals surface area (Å²) in [5.74, 6) is 1.20. The first-order valence-corrected chi connectivity index (χ1v) is 10.8. The van der Waals surface area contributed by atoms with Crippen LogP contribution in [0.25, 0.3) is 11.4 Å². The zero-order valence-electron chi connectivity index (χ0n) is 18.4. The molecule has 3 aromatic heterocycles. The van der Waals surface area contributed by atoms with Crippen molar-refractivity contribution in [3.8, 4) is 17.1 Å². The number of pyridine rings is 2. The Bertz CT molecular complexity index is 1400. The van der Waals surface area contributed by atoms with E-state index >= 15 is 0 Å². The lowest BCUT2D eigenvalue weighted by Crippen LogP contribution is -2.31. The molecule has 1 aliphatic heterocycles. The van der Waals surface area contributed by atoms with Gasteiger partial charge in [0, 0.05) is 40.9 Å². The quantitative estimate of drug-likeness (QED) is 0.444. The number of carbonyl (C=O) groups is 1. The van der Waals surface area contributed by atoms with E-state index in [0.717, 1.165) is 11.1 Å². The molecule has 0 fully saturated rings. The second-order valence-electron chi connectivity index (χ2n) is 7.59. The van der Waals surface area contributed by atoms with Crippen LogP contribution in [0, 0.1) is 0 Å². The summed E-state index contributed by atoms with van der Waals surface area (Å²) in [5.41, 5.74) is 3.20. The molecule has 1 aliphatic rings. The highest BCUT2D eigenvalue weighted by molar-refractivity contribution is 6.30. The highest BCUT2D eigenvalue weighted by Crippen LogP contribution is 2.37. The summed E-state index contributed by atoms with van der Waals surface area (Å²) in [6, 6.07) is 12.2. The number of benzene rings is 1. The first kappa shape index (κ1) is 21.6. The van der Waals surface area contributed by atoms with Gasteiger partial charge in [-0.1, -0.05) is 23.7 Å². The lowest BCUT2D eigenvalue weighted by Gasteiger charge is -2.28. The topological polar surface area (TPSA) is 107 Å². The predicted octanol–water partition coefficient (Wildman–Crippen LogP) is 4.32. The molecule has 0 spiro atoms. The van der Waals surface area contributed by atoms with E-state index in [0.29, 0.717) is 39.5 Å². The van der Waals surface area contributed by atoms with Gasteiger partial charge in [0.15, 0.2) is 5.82 Å². The minimum atomic E-state index is -0.539. The molecule has 0 saturated heterocycles. The van der Waals surface area contributed by atoms with Gasteiger partial charge in [-0.25, -0.2) is 4.68 Å². The molecule has 0 bridgehead atoms. The minimum Gasteiger partial charge on any atom is -0.494 e. The number of methoxy groups -OCH3 is 1. The summed E-state index contributed by atoms with van der Waals surface area (Å²) in [6.45, 7) is 1.83. The van der Waals surface area contributed by atoms with Gasteiger partial charge in [-0.3, -0.25) is 14.8 Å². The number of aromatic nitrogens is 5. The molecular weight excluding hydrogens is 454 g/mol. The van der Waals surface area contributed by atoms with E-state index < -0.39 is 6.04 Å². The maximum atomic E-state index is 13.6. The molecule has 9 nitrogen and oxygen atoms in total. The van der Waals surface area contributed by atoms with Crippen molar-refractivity contribution in [2.24, 2.45) is 0 Å². The second kappa shape index (κ2) is 8.95. The van der Waals surface area contributed by atoms with Gasteiger partial charge in [0.25, 0.3) is 5.91 Å². The van der Waals surface area contributed by atoms with Crippen molar-refractivity contribution in [2.45, 2.75) is 13.0 Å². The Kier molecular flexibility index (Phi) is 5.69. The summed E-state index contributed by atoms with van der Waals surface area (Å²) in [7, 11) is 1.54. The molecule has 2 N–H and O–H groups in total. The number of rotatable bonds is 5. The third-order valence-corrected chi connectivity index (χ3v) is 5.69. The highest BCUT2D eigenvalue weighted by atomic mass is 35.5. The summed E-state index contributed by atoms with van der Waals surface area (Å²) in [4.78, 5) is 26.5. The highest BCUT2D eigenvalue weighted by Gasteiger charge is 2.34. The predicted molar refractivity (Wildman–Crippen MR) is 129 cm³/mol. The number of hydrogen-bond donors (Lipinski definition) is 2. The van der Waals surface area contributed by atoms with Crippen LogP contribution in [0.5, 0.6) is 5.75 Å². The summed E-state index contributed by atoms with van der Waals surface area (Å²) < 4.78 is 7.06. The number of hydrogen-bond acceptors (Lipinski definition) is 7. The summed E-state index contributed by atoms with van der Waals surface area (Å²) in [6.07, 6.45) is 6.50. The van der Waals surface area contributed by atoms with E-state index in [4.69, 9.17) is 21.4 Å². The Morgan fingerprint density at radius 3 is 2.71 bits per heavy atom. The molecule has 4 aromatic rings. The zero-order chi connectivity index (χ0) is 23.7. The Morgan fingerprint density at radius 2 is 1.94 bits per heavy atom. The third kappa shape index (κ3) is 3.97. The van der Waals surface area contributed by atoms with Crippen LogP contribution >= 0.6 is 11.6 Å². The van der Waals surface area contributed by atoms with Crippen LogP contribution in [0.1, 0.15) is 18.5 Å². The number of ether oxygens (including phenoxy) is 1. The average Bonchev–Trinajstić information content (AvgIpc) is 3.27. The van der Waals surface area contributed by atoms with E-state index in [-0.39, 0.29) is 5.91 Å². The Morgan fingerprint density at radius 1 is 1.15 bits per heavy atom. The van der Waals surface area contributed by atoms with Crippen LogP contribution < -0.4 is 15.4 Å². The number of anilines is 2. The minimum absolute atomic E-state index is 0.316. The van der Waals surface area contributed by atoms with Crippen molar-refractivity contribution in [3.63, 3.8) is 0 Å². The molecule has 1 amide bonds. The van der Waals surface area contributed by atoms with Crippen LogP contribution in [0.3, 0.4) is 0 Å². The number of nitrogens with one attached hydrogen (secondary N) is 2. The van der Waals surface area contributed by atoms with Gasteiger partial charge in [-0.05, 0) is 36.8 Å². The van der Waals surface area contributed by atoms with Gasteiger partial charge in [0.2, 0.25) is 5.95 Å². The third-order valence-electron chi connectivity index (χ3n) is 5.45. The Hall–Kier alpha value is -4.24. The fourth-order valence-electron chi connectivity index (χ4n) is 3.89. The zero-order valence-corrected chi connectivity index (χ0v) is 19.1. The van der Waals surface area contributed by atoms with Crippen LogP contribution in [0.4, 0.5) is 11.6 Å². The fraction of sp³-hybridized carbons (Fsp3) is 0.125. The Labute approximate surface area is 200 Å². The van der Waals surface area contributed by atoms with E-state index in [2.05, 4.69) is 25.6 Å². The number of amides is 1. The Balaban J connectivity index is 1.59. The van der Waals surface area contributed by atoms with E-state index in [1.165, 1.54) is 7.11 Å². The molecule has 34 heavy (non-hydrogen) atoms. The molecule has 10 heteroatoms. The summed E-state index contributed by atoms with van der Waals surface area (Å²) >= 11 is 6.17. The number of fused-ring (bicyclic) bond motifs is 1. The molecule has 0 aliphatic carbocycles. The molecule has 1 aromatic carbocycles. The second-order valence-corrected chi connectivity index (χ2v) is 8.03. The van der Waals surface area contributed by atoms with Crippen molar-refractivity contribution < 1.29 is 9.53 Å². The number of halogens is 1. The SMILES string of the molecule is COc1ccncc1NC(=O)C1=C(C)Nc2nc(-c3cccc(Cl)c3)nn2[C@H]1c1ccncc1. The molecular formula is C24H20ClN7O2. The van der Waals surface area contributed by atoms with Crippen molar-refractivity contribution in [3.05, 3.63) is 89.1 Å². The normalized spacial score (nSPS) is 14.9. The van der Waals surface area contributed by atoms with Crippen molar-refractivity contribution >= 4 is 29.1 Å². The maximum absolute atomic E-state index is 13.6. The van der Waals surface area contributed by atoms with Crippen LogP contribution in [0.15, 0.2) is 78.5 Å². The molecule has 5 rings (SSSR count). The number of allylic oxidation sites excluding steroid dienone is 1. The molecule has 0 saturated carbocycles. The fourth-order valence-corrected chi connectivity index (χ4v) is 4.08. The average molecular weight is 474 g/mol. The van der Waals surface area contributed by atoms with Crippen LogP contribution in [-0.2, 0) is 4.79 Å². The van der Waals surface area contributed by atoms with Gasteiger partial charge in [0.1, 0.15) is 17.5 Å². The standard InChI is InChI=1S/C24H20ClN7O2/c1-14-20(23(33)29-18-13-27-11-8-19(18)34-2)21(15-6-9-26-10-7-15)32-24(28-14)30-22(31-32)16-4-3-5-17(25)12-16/h3-13,21H,1-2H3,(H,29,33)(H,28,30,31)/t21-/m0/s1. The van der Waals surface area contributed by atoms with E-state index in [1.807, 2.05) is 31.2 Å². The molecule has 1 atom stereocenters.